The van der Waals surface area contributed by atoms with Gasteiger partial charge >= 0.3 is 0 Å². The number of aliphatic hydroxyl groups is 1. The monoisotopic (exact) mass is 240 g/mol. The molecule has 0 bridgehead atoms. The maximum atomic E-state index is 13.9. The summed E-state index contributed by atoms with van der Waals surface area (Å²) < 4.78 is 19.3. The summed E-state index contributed by atoms with van der Waals surface area (Å²) in [5.41, 5.74) is 1.18. The van der Waals surface area contributed by atoms with Gasteiger partial charge < -0.3 is 9.84 Å². The number of halogens is 1. The first kappa shape index (κ1) is 14.1. The highest BCUT2D eigenvalue weighted by molar-refractivity contribution is 5.34. The van der Waals surface area contributed by atoms with Gasteiger partial charge in [0.05, 0.1) is 5.60 Å². The number of aliphatic hydroxyl groups excluding tert-OH is 1. The lowest BCUT2D eigenvalue weighted by Gasteiger charge is -2.33. The van der Waals surface area contributed by atoms with Crippen LogP contribution in [0.2, 0.25) is 0 Å². The average Bonchev–Trinajstić information content (AvgIpc) is 2.26. The molecular formula is C14H21FO2. The summed E-state index contributed by atoms with van der Waals surface area (Å²) >= 11 is 0. The smallest absolute Gasteiger partial charge is 0.129 e. The normalized spacial score (nSPS) is 16.6. The lowest BCUT2D eigenvalue weighted by molar-refractivity contribution is -0.0958. The zero-order valence-electron chi connectivity index (χ0n) is 11.2. The molecule has 0 amide bonds. The van der Waals surface area contributed by atoms with E-state index in [1.165, 1.54) is 13.2 Å². The van der Waals surface area contributed by atoms with Crippen molar-refractivity contribution in [3.05, 3.63) is 34.6 Å². The number of hydrogen-bond donors (Lipinski definition) is 1. The van der Waals surface area contributed by atoms with Gasteiger partial charge in [0.15, 0.2) is 0 Å². The quantitative estimate of drug-likeness (QED) is 0.875. The molecule has 0 heterocycles. The minimum absolute atomic E-state index is 0.335. The molecule has 2 atom stereocenters. The van der Waals surface area contributed by atoms with Crippen LogP contribution in [0.25, 0.3) is 0 Å². The van der Waals surface area contributed by atoms with E-state index >= 15 is 0 Å². The van der Waals surface area contributed by atoms with Crippen LogP contribution in [0.4, 0.5) is 4.39 Å². The summed E-state index contributed by atoms with van der Waals surface area (Å²) in [5, 5.41) is 10.3. The molecule has 1 aromatic rings. The fraction of sp³-hybridized carbons (Fsp3) is 0.571. The zero-order chi connectivity index (χ0) is 13.2. The second-order valence-corrected chi connectivity index (χ2v) is 4.75. The highest BCUT2D eigenvalue weighted by Gasteiger charge is 2.34. The van der Waals surface area contributed by atoms with Crippen LogP contribution in [-0.4, -0.2) is 17.8 Å². The standard InChI is InChI=1S/C14H21FO2/c1-6-14(4,17-5)13(16)12-10(3)7-9(2)8-11(12)15/h7-8,13,16H,6H2,1-5H3. The van der Waals surface area contributed by atoms with Crippen molar-refractivity contribution < 1.29 is 14.2 Å². The summed E-state index contributed by atoms with van der Waals surface area (Å²) in [7, 11) is 1.54. The second kappa shape index (κ2) is 5.15. The molecule has 1 N–H and O–H groups in total. The first-order valence-electron chi connectivity index (χ1n) is 5.85. The molecule has 0 saturated heterocycles. The number of benzene rings is 1. The van der Waals surface area contributed by atoms with Crippen LogP contribution < -0.4 is 0 Å². The molecule has 0 aliphatic carbocycles. The third-order valence-electron chi connectivity index (χ3n) is 3.50. The van der Waals surface area contributed by atoms with Crippen LogP contribution in [0, 0.1) is 19.7 Å². The molecule has 3 heteroatoms. The summed E-state index contributed by atoms with van der Waals surface area (Å²) in [6.07, 6.45) is -0.352. The molecule has 0 aromatic heterocycles. The number of rotatable bonds is 4. The van der Waals surface area contributed by atoms with Gasteiger partial charge in [-0.05, 0) is 44.4 Å². The van der Waals surface area contributed by atoms with E-state index in [-0.39, 0.29) is 5.82 Å². The molecule has 17 heavy (non-hydrogen) atoms. The Hall–Kier alpha value is -0.930. The minimum atomic E-state index is -0.960. The van der Waals surface area contributed by atoms with Crippen LogP contribution in [0.15, 0.2) is 12.1 Å². The largest absolute Gasteiger partial charge is 0.385 e. The molecule has 0 fully saturated rings. The van der Waals surface area contributed by atoms with Gasteiger partial charge in [0.25, 0.3) is 0 Å². The molecule has 0 aliphatic rings. The molecule has 0 saturated carbocycles. The third kappa shape index (κ3) is 2.67. The van der Waals surface area contributed by atoms with Crippen molar-refractivity contribution >= 4 is 0 Å². The van der Waals surface area contributed by atoms with E-state index in [2.05, 4.69) is 0 Å². The lowest BCUT2D eigenvalue weighted by Crippen LogP contribution is -2.35. The topological polar surface area (TPSA) is 29.5 Å². The summed E-state index contributed by atoms with van der Waals surface area (Å²) in [4.78, 5) is 0. The van der Waals surface area contributed by atoms with Gasteiger partial charge in [-0.15, -0.1) is 0 Å². The van der Waals surface area contributed by atoms with Crippen molar-refractivity contribution in [3.8, 4) is 0 Å². The van der Waals surface area contributed by atoms with Crippen molar-refractivity contribution in [1.82, 2.24) is 0 Å². The Morgan fingerprint density at radius 1 is 1.41 bits per heavy atom. The van der Waals surface area contributed by atoms with E-state index in [4.69, 9.17) is 4.74 Å². The van der Waals surface area contributed by atoms with Gasteiger partial charge in [0.1, 0.15) is 11.9 Å². The van der Waals surface area contributed by atoms with Gasteiger partial charge in [-0.25, -0.2) is 4.39 Å². The predicted molar refractivity (Wildman–Crippen MR) is 66.5 cm³/mol. The Morgan fingerprint density at radius 3 is 2.41 bits per heavy atom. The highest BCUT2D eigenvalue weighted by atomic mass is 19.1. The molecular weight excluding hydrogens is 219 g/mol. The molecule has 0 spiro atoms. The Labute approximate surface area is 102 Å². The van der Waals surface area contributed by atoms with E-state index in [1.807, 2.05) is 19.9 Å². The van der Waals surface area contributed by atoms with Crippen LogP contribution >= 0.6 is 0 Å². The minimum Gasteiger partial charge on any atom is -0.385 e. The van der Waals surface area contributed by atoms with Crippen LogP contribution in [0.1, 0.15) is 43.1 Å². The average molecular weight is 240 g/mol. The molecule has 1 rings (SSSR count). The SMILES string of the molecule is CCC(C)(OC)C(O)c1c(C)cc(C)cc1F. The molecule has 2 unspecified atom stereocenters. The lowest BCUT2D eigenvalue weighted by atomic mass is 9.87. The second-order valence-electron chi connectivity index (χ2n) is 4.75. The van der Waals surface area contributed by atoms with Gasteiger partial charge in [0, 0.05) is 12.7 Å². The van der Waals surface area contributed by atoms with Crippen LogP contribution in [-0.2, 0) is 4.74 Å². The van der Waals surface area contributed by atoms with E-state index < -0.39 is 11.7 Å². The first-order valence-corrected chi connectivity index (χ1v) is 5.85. The van der Waals surface area contributed by atoms with E-state index in [0.29, 0.717) is 12.0 Å². The maximum absolute atomic E-state index is 13.9. The van der Waals surface area contributed by atoms with E-state index in [9.17, 15) is 9.50 Å². The Bertz CT molecular complexity index is 374. The van der Waals surface area contributed by atoms with E-state index in [1.54, 1.807) is 13.8 Å². The van der Waals surface area contributed by atoms with Crippen LogP contribution in [0.5, 0.6) is 0 Å². The Kier molecular flexibility index (Phi) is 4.28. The zero-order valence-corrected chi connectivity index (χ0v) is 11.2. The van der Waals surface area contributed by atoms with Gasteiger partial charge in [-0.2, -0.15) is 0 Å². The van der Waals surface area contributed by atoms with Crippen molar-refractivity contribution in [2.24, 2.45) is 0 Å². The Balaban J connectivity index is 3.25. The molecule has 1 aromatic carbocycles. The fourth-order valence-electron chi connectivity index (χ4n) is 2.03. The Morgan fingerprint density at radius 2 is 2.00 bits per heavy atom. The number of methoxy groups -OCH3 is 1. The van der Waals surface area contributed by atoms with E-state index in [0.717, 1.165) is 11.1 Å². The van der Waals surface area contributed by atoms with Crippen molar-refractivity contribution in [2.45, 2.75) is 45.8 Å². The number of hydrogen-bond acceptors (Lipinski definition) is 2. The van der Waals surface area contributed by atoms with Crippen molar-refractivity contribution in [2.75, 3.05) is 7.11 Å². The number of ether oxygens (including phenoxy) is 1. The third-order valence-corrected chi connectivity index (χ3v) is 3.50. The number of aryl methyl sites for hydroxylation is 2. The van der Waals surface area contributed by atoms with Crippen molar-refractivity contribution in [1.29, 1.82) is 0 Å². The molecule has 0 radical (unpaired) electrons. The summed E-state index contributed by atoms with van der Waals surface area (Å²) in [6.45, 7) is 7.34. The molecule has 96 valence electrons. The highest BCUT2D eigenvalue weighted by Crippen LogP contribution is 2.34. The fourth-order valence-corrected chi connectivity index (χ4v) is 2.03. The van der Waals surface area contributed by atoms with Gasteiger partial charge in [-0.1, -0.05) is 13.0 Å². The van der Waals surface area contributed by atoms with Crippen molar-refractivity contribution in [3.63, 3.8) is 0 Å². The first-order chi connectivity index (χ1) is 7.85. The summed E-state index contributed by atoms with van der Waals surface area (Å²) in [6, 6.07) is 3.31. The van der Waals surface area contributed by atoms with Crippen LogP contribution in [0.3, 0.4) is 0 Å². The van der Waals surface area contributed by atoms with Gasteiger partial charge in [0.2, 0.25) is 0 Å². The maximum Gasteiger partial charge on any atom is 0.129 e. The predicted octanol–water partition coefficient (Wildman–Crippen LogP) is 3.29. The molecule has 2 nitrogen and oxygen atoms in total. The summed E-state index contributed by atoms with van der Waals surface area (Å²) in [5.74, 6) is -0.369. The molecule has 0 aliphatic heterocycles. The van der Waals surface area contributed by atoms with Gasteiger partial charge in [-0.3, -0.25) is 0 Å².